The van der Waals surface area contributed by atoms with E-state index in [0.717, 1.165) is 36.9 Å². The van der Waals surface area contributed by atoms with Gasteiger partial charge < -0.3 is 4.52 Å². The van der Waals surface area contributed by atoms with E-state index in [2.05, 4.69) is 5.16 Å². The van der Waals surface area contributed by atoms with E-state index in [1.54, 1.807) is 13.0 Å². The van der Waals surface area contributed by atoms with Gasteiger partial charge in [0.1, 0.15) is 16.5 Å². The van der Waals surface area contributed by atoms with Gasteiger partial charge in [0.25, 0.3) is 0 Å². The van der Waals surface area contributed by atoms with E-state index >= 15 is 0 Å². The van der Waals surface area contributed by atoms with Gasteiger partial charge in [0.15, 0.2) is 0 Å². The second-order valence-corrected chi connectivity index (χ2v) is 7.55. The molecule has 2 N–H and O–H groups in total. The van der Waals surface area contributed by atoms with Crippen molar-refractivity contribution in [2.75, 3.05) is 0 Å². The SMILES string of the molecule is Cc1onc(C2CCCCC2)c1-c1ccc(S(N)(=O)=O)c(F)c1. The van der Waals surface area contributed by atoms with Gasteiger partial charge >= 0.3 is 0 Å². The van der Waals surface area contributed by atoms with Crippen molar-refractivity contribution in [3.63, 3.8) is 0 Å². The lowest BCUT2D eigenvalue weighted by molar-refractivity contribution is 0.367. The van der Waals surface area contributed by atoms with Crippen molar-refractivity contribution in [1.29, 1.82) is 0 Å². The number of hydrogen-bond acceptors (Lipinski definition) is 4. The molecule has 1 aromatic carbocycles. The van der Waals surface area contributed by atoms with Gasteiger partial charge in [-0.1, -0.05) is 30.5 Å². The zero-order chi connectivity index (χ0) is 16.6. The first-order chi connectivity index (χ1) is 10.9. The van der Waals surface area contributed by atoms with Gasteiger partial charge in [-0.2, -0.15) is 0 Å². The first kappa shape index (κ1) is 16.1. The molecule has 1 heterocycles. The maximum atomic E-state index is 14.1. The van der Waals surface area contributed by atoms with Crippen LogP contribution in [0.4, 0.5) is 4.39 Å². The lowest BCUT2D eigenvalue weighted by Crippen LogP contribution is -2.14. The number of aromatic nitrogens is 1. The normalized spacial score (nSPS) is 16.7. The Kier molecular flexibility index (Phi) is 4.25. The maximum absolute atomic E-state index is 14.1. The van der Waals surface area contributed by atoms with Gasteiger partial charge in [0.05, 0.1) is 5.69 Å². The second kappa shape index (κ2) is 6.05. The third-order valence-electron chi connectivity index (χ3n) is 4.41. The van der Waals surface area contributed by atoms with E-state index in [9.17, 15) is 12.8 Å². The minimum atomic E-state index is -4.07. The Labute approximate surface area is 134 Å². The molecule has 0 saturated heterocycles. The highest BCUT2D eigenvalue weighted by atomic mass is 32.2. The van der Waals surface area contributed by atoms with Gasteiger partial charge in [-0.25, -0.2) is 17.9 Å². The molecule has 0 radical (unpaired) electrons. The zero-order valence-electron chi connectivity index (χ0n) is 12.9. The largest absolute Gasteiger partial charge is 0.361 e. The number of sulfonamides is 1. The summed E-state index contributed by atoms with van der Waals surface area (Å²) in [6, 6.07) is 3.93. The van der Waals surface area contributed by atoms with Crippen LogP contribution < -0.4 is 5.14 Å². The standard InChI is InChI=1S/C16H19FN2O3S/c1-10-15(16(19-22-10)11-5-3-2-4-6-11)12-7-8-14(13(17)9-12)23(18,20)21/h7-9,11H,2-6H2,1H3,(H2,18,20,21). The van der Waals surface area contributed by atoms with E-state index in [4.69, 9.17) is 9.66 Å². The van der Waals surface area contributed by atoms with Crippen LogP contribution >= 0.6 is 0 Å². The zero-order valence-corrected chi connectivity index (χ0v) is 13.7. The van der Waals surface area contributed by atoms with Crippen LogP contribution in [0.2, 0.25) is 0 Å². The molecule has 1 aliphatic carbocycles. The van der Waals surface area contributed by atoms with E-state index < -0.39 is 20.7 Å². The smallest absolute Gasteiger partial charge is 0.240 e. The van der Waals surface area contributed by atoms with Crippen LogP contribution in [-0.4, -0.2) is 13.6 Å². The predicted molar refractivity (Wildman–Crippen MR) is 83.8 cm³/mol. The molecular formula is C16H19FN2O3S. The van der Waals surface area contributed by atoms with Crippen LogP contribution in [0.3, 0.4) is 0 Å². The highest BCUT2D eigenvalue weighted by Gasteiger charge is 2.25. The number of halogens is 1. The summed E-state index contributed by atoms with van der Waals surface area (Å²) < 4.78 is 42.1. The molecule has 0 bridgehead atoms. The quantitative estimate of drug-likeness (QED) is 0.928. The van der Waals surface area contributed by atoms with Crippen molar-refractivity contribution in [3.8, 4) is 11.1 Å². The Balaban J connectivity index is 2.05. The van der Waals surface area contributed by atoms with E-state index in [1.807, 2.05) is 0 Å². The Hall–Kier alpha value is -1.73. The molecule has 1 aliphatic rings. The van der Waals surface area contributed by atoms with Crippen LogP contribution in [0.25, 0.3) is 11.1 Å². The van der Waals surface area contributed by atoms with Gasteiger partial charge in [-0.15, -0.1) is 0 Å². The molecule has 5 nitrogen and oxygen atoms in total. The maximum Gasteiger partial charge on any atom is 0.240 e. The molecule has 2 aromatic rings. The monoisotopic (exact) mass is 338 g/mol. The Morgan fingerprint density at radius 1 is 1.26 bits per heavy atom. The van der Waals surface area contributed by atoms with Crippen molar-refractivity contribution < 1.29 is 17.3 Å². The van der Waals surface area contributed by atoms with Crippen LogP contribution in [0.1, 0.15) is 49.5 Å². The van der Waals surface area contributed by atoms with Crippen molar-refractivity contribution in [1.82, 2.24) is 5.16 Å². The molecule has 1 fully saturated rings. The topological polar surface area (TPSA) is 86.2 Å². The summed E-state index contributed by atoms with van der Waals surface area (Å²) in [6.07, 6.45) is 5.59. The fourth-order valence-electron chi connectivity index (χ4n) is 3.28. The summed E-state index contributed by atoms with van der Waals surface area (Å²) in [6.45, 7) is 1.78. The minimum Gasteiger partial charge on any atom is -0.361 e. The number of nitrogens with zero attached hydrogens (tertiary/aromatic N) is 1. The number of hydrogen-bond donors (Lipinski definition) is 1. The molecule has 124 valence electrons. The summed E-state index contributed by atoms with van der Waals surface area (Å²) in [5, 5.41) is 9.18. The molecule has 1 saturated carbocycles. The lowest BCUT2D eigenvalue weighted by atomic mass is 9.84. The molecule has 0 amide bonds. The van der Waals surface area contributed by atoms with Crippen LogP contribution in [0.15, 0.2) is 27.6 Å². The van der Waals surface area contributed by atoms with Crippen LogP contribution in [0.5, 0.6) is 0 Å². The highest BCUT2D eigenvalue weighted by Crippen LogP contribution is 2.39. The average molecular weight is 338 g/mol. The molecule has 0 unspecified atom stereocenters. The van der Waals surface area contributed by atoms with Gasteiger partial charge in [-0.3, -0.25) is 0 Å². The van der Waals surface area contributed by atoms with Gasteiger partial charge in [0.2, 0.25) is 10.0 Å². The number of aryl methyl sites for hydroxylation is 1. The third-order valence-corrected chi connectivity index (χ3v) is 5.35. The lowest BCUT2D eigenvalue weighted by Gasteiger charge is -2.20. The number of rotatable bonds is 3. The molecule has 0 spiro atoms. The fourth-order valence-corrected chi connectivity index (χ4v) is 3.87. The average Bonchev–Trinajstić information content (AvgIpc) is 2.88. The summed E-state index contributed by atoms with van der Waals surface area (Å²) in [7, 11) is -4.07. The molecule has 7 heteroatoms. The minimum absolute atomic E-state index is 0.303. The molecule has 1 aromatic heterocycles. The molecular weight excluding hydrogens is 319 g/mol. The first-order valence-corrected chi connectivity index (χ1v) is 9.21. The van der Waals surface area contributed by atoms with Crippen molar-refractivity contribution >= 4 is 10.0 Å². The van der Waals surface area contributed by atoms with E-state index in [1.165, 1.54) is 18.6 Å². The summed E-state index contributed by atoms with van der Waals surface area (Å²) in [5.41, 5.74) is 2.16. The highest BCUT2D eigenvalue weighted by molar-refractivity contribution is 7.89. The Morgan fingerprint density at radius 2 is 1.96 bits per heavy atom. The molecule has 0 atom stereocenters. The molecule has 0 aliphatic heterocycles. The van der Waals surface area contributed by atoms with E-state index in [-0.39, 0.29) is 0 Å². The van der Waals surface area contributed by atoms with Gasteiger partial charge in [0, 0.05) is 11.5 Å². The van der Waals surface area contributed by atoms with Gasteiger partial charge in [-0.05, 0) is 37.5 Å². The molecule has 3 rings (SSSR count). The number of primary sulfonamides is 1. The molecule has 23 heavy (non-hydrogen) atoms. The Bertz CT molecular complexity index is 824. The van der Waals surface area contributed by atoms with Crippen molar-refractivity contribution in [3.05, 3.63) is 35.5 Å². The van der Waals surface area contributed by atoms with E-state index in [0.29, 0.717) is 17.2 Å². The number of nitrogens with two attached hydrogens (primary N) is 1. The summed E-state index contributed by atoms with van der Waals surface area (Å²) >= 11 is 0. The Morgan fingerprint density at radius 3 is 2.57 bits per heavy atom. The second-order valence-electron chi connectivity index (χ2n) is 6.02. The predicted octanol–water partition coefficient (Wildman–Crippen LogP) is 3.48. The summed E-state index contributed by atoms with van der Waals surface area (Å²) in [4.78, 5) is -0.505. The first-order valence-electron chi connectivity index (χ1n) is 7.67. The van der Waals surface area contributed by atoms with Crippen molar-refractivity contribution in [2.24, 2.45) is 5.14 Å². The summed E-state index contributed by atoms with van der Waals surface area (Å²) in [5.74, 6) is 0.0469. The van der Waals surface area contributed by atoms with Crippen LogP contribution in [-0.2, 0) is 10.0 Å². The third kappa shape index (κ3) is 3.16. The van der Waals surface area contributed by atoms with Crippen molar-refractivity contribution in [2.45, 2.75) is 49.8 Å². The fraction of sp³-hybridized carbons (Fsp3) is 0.438. The number of benzene rings is 1. The van der Waals surface area contributed by atoms with Crippen LogP contribution in [0, 0.1) is 12.7 Å².